The van der Waals surface area contributed by atoms with Gasteiger partial charge in [0.15, 0.2) is 0 Å². The molecule has 1 aromatic heterocycles. The average Bonchev–Trinajstić information content (AvgIpc) is 3.22. The lowest BCUT2D eigenvalue weighted by molar-refractivity contribution is -0.572. The van der Waals surface area contributed by atoms with Gasteiger partial charge in [-0.1, -0.05) is 76.2 Å². The molecule has 0 unspecified atom stereocenters. The van der Waals surface area contributed by atoms with Crippen molar-refractivity contribution < 1.29 is 4.57 Å². The Hall–Kier alpha value is -3.59. The molecule has 0 bridgehead atoms. The molecule has 0 N–H and O–H groups in total. The molecule has 33 heavy (non-hydrogen) atoms. The highest BCUT2D eigenvalue weighted by molar-refractivity contribution is 6.03. The minimum atomic E-state index is 0.473. The molecule has 0 spiro atoms. The summed E-state index contributed by atoms with van der Waals surface area (Å²) in [7, 11) is 2.18. The minimum Gasteiger partial charge on any atom is -0.350 e. The molecule has 0 saturated heterocycles. The molecule has 4 aromatic carbocycles. The lowest BCUT2D eigenvalue weighted by Crippen LogP contribution is -2.36. The van der Waals surface area contributed by atoms with Gasteiger partial charge in [-0.25, -0.2) is 0 Å². The Balaban J connectivity index is 1.68. The first-order valence-electron chi connectivity index (χ1n) is 11.8. The number of hydrogen-bond donors (Lipinski definition) is 0. The first kappa shape index (κ1) is 20.0. The van der Waals surface area contributed by atoms with Crippen LogP contribution in [0.25, 0.3) is 33.2 Å². The van der Waals surface area contributed by atoms with Crippen LogP contribution in [0.2, 0.25) is 0 Å². The van der Waals surface area contributed by atoms with Crippen LogP contribution in [0.5, 0.6) is 0 Å². The van der Waals surface area contributed by atoms with Crippen LogP contribution in [0.1, 0.15) is 50.7 Å². The Bertz CT molecular complexity index is 1510. The molecule has 0 saturated carbocycles. The summed E-state index contributed by atoms with van der Waals surface area (Å²) >= 11 is 0. The van der Waals surface area contributed by atoms with Crippen LogP contribution < -0.4 is 9.47 Å². The number of hydrogen-bond acceptors (Lipinski definition) is 1. The monoisotopic (exact) mass is 431 g/mol. The maximum absolute atomic E-state index is 3.73. The Labute approximate surface area is 195 Å². The molecule has 5 aromatic rings. The Morgan fingerprint density at radius 1 is 0.788 bits per heavy atom. The normalized spacial score (nSPS) is 12.9. The quantitative estimate of drug-likeness (QED) is 0.217. The number of anilines is 2. The van der Waals surface area contributed by atoms with E-state index in [-0.39, 0.29) is 0 Å². The van der Waals surface area contributed by atoms with Gasteiger partial charge in [0.2, 0.25) is 0 Å². The third-order valence-corrected chi connectivity index (χ3v) is 7.03. The number of nitrogens with zero attached hydrogens (tertiary/aromatic N) is 3. The van der Waals surface area contributed by atoms with Gasteiger partial charge in [-0.3, -0.25) is 9.13 Å². The zero-order valence-electron chi connectivity index (χ0n) is 19.9. The lowest BCUT2D eigenvalue weighted by atomic mass is 9.95. The van der Waals surface area contributed by atoms with Gasteiger partial charge < -0.3 is 4.90 Å². The van der Waals surface area contributed by atoms with Gasteiger partial charge in [0.1, 0.15) is 5.52 Å². The maximum atomic E-state index is 3.73. The molecular weight excluding hydrogens is 402 g/mol. The molecule has 6 rings (SSSR count). The van der Waals surface area contributed by atoms with Gasteiger partial charge in [-0.15, -0.1) is 0 Å². The van der Waals surface area contributed by atoms with E-state index >= 15 is 0 Å². The van der Waals surface area contributed by atoms with Crippen LogP contribution >= 0.6 is 0 Å². The third kappa shape index (κ3) is 2.92. The van der Waals surface area contributed by atoms with Gasteiger partial charge >= 0.3 is 0 Å². The first-order chi connectivity index (χ1) is 15.9. The smallest absolute Gasteiger partial charge is 0.269 e. The second kappa shape index (κ2) is 7.21. The van der Waals surface area contributed by atoms with E-state index < -0.39 is 0 Å². The van der Waals surface area contributed by atoms with Crippen LogP contribution in [0.4, 0.5) is 11.4 Å². The maximum Gasteiger partial charge on any atom is 0.269 e. The summed E-state index contributed by atoms with van der Waals surface area (Å²) in [6.45, 7) is 9.07. The van der Waals surface area contributed by atoms with Gasteiger partial charge in [-0.05, 0) is 52.6 Å². The van der Waals surface area contributed by atoms with E-state index in [2.05, 4.69) is 128 Å². The van der Waals surface area contributed by atoms with Gasteiger partial charge in [0, 0.05) is 18.1 Å². The predicted molar refractivity (Wildman–Crippen MR) is 137 cm³/mol. The Morgan fingerprint density at radius 2 is 1.52 bits per heavy atom. The number of benzene rings is 4. The van der Waals surface area contributed by atoms with Gasteiger partial charge in [0.05, 0.1) is 22.6 Å². The summed E-state index contributed by atoms with van der Waals surface area (Å²) in [5.74, 6) is 0.946. The van der Waals surface area contributed by atoms with Crippen LogP contribution in [-0.4, -0.2) is 11.6 Å². The molecule has 3 nitrogen and oxygen atoms in total. The summed E-state index contributed by atoms with van der Waals surface area (Å²) in [4.78, 5) is 2.34. The fraction of sp³-hybridized carbons (Fsp3) is 0.233. The fourth-order valence-corrected chi connectivity index (χ4v) is 5.13. The van der Waals surface area contributed by atoms with E-state index in [1.54, 1.807) is 0 Å². The highest BCUT2D eigenvalue weighted by atomic mass is 15.2. The van der Waals surface area contributed by atoms with Crippen molar-refractivity contribution in [3.8, 4) is 11.4 Å². The SMILES string of the molecule is CC(C)c1cc(C(C)C)cc(-n2[c-][n+]3c4c(cccc42)N(C)c2c-3ccc3ccccc23)c1. The van der Waals surface area contributed by atoms with Crippen LogP contribution in [-0.2, 0) is 0 Å². The summed E-state index contributed by atoms with van der Waals surface area (Å²) in [6, 6.07) is 26.7. The van der Waals surface area contributed by atoms with Crippen molar-refractivity contribution in [2.45, 2.75) is 39.5 Å². The summed E-state index contributed by atoms with van der Waals surface area (Å²) in [6.07, 6.45) is 3.73. The minimum absolute atomic E-state index is 0.473. The zero-order chi connectivity index (χ0) is 22.9. The number of rotatable bonds is 3. The Kier molecular flexibility index (Phi) is 4.38. The van der Waals surface area contributed by atoms with E-state index in [1.807, 2.05) is 0 Å². The Morgan fingerprint density at radius 3 is 2.24 bits per heavy atom. The molecule has 0 fully saturated rings. The fourth-order valence-electron chi connectivity index (χ4n) is 5.13. The molecule has 2 heterocycles. The highest BCUT2D eigenvalue weighted by Crippen LogP contribution is 2.41. The van der Waals surface area contributed by atoms with Crippen molar-refractivity contribution in [2.24, 2.45) is 0 Å². The molecule has 164 valence electrons. The lowest BCUT2D eigenvalue weighted by Gasteiger charge is -2.30. The van der Waals surface area contributed by atoms with Crippen LogP contribution in [0.15, 0.2) is 72.8 Å². The molecule has 3 heteroatoms. The second-order valence-electron chi connectivity index (χ2n) is 9.80. The van der Waals surface area contributed by atoms with E-state index in [0.29, 0.717) is 11.8 Å². The highest BCUT2D eigenvalue weighted by Gasteiger charge is 2.26. The molecule has 0 atom stereocenters. The number of aromatic nitrogens is 2. The largest absolute Gasteiger partial charge is 0.350 e. The van der Waals surface area contributed by atoms with E-state index in [4.69, 9.17) is 0 Å². The average molecular weight is 432 g/mol. The van der Waals surface area contributed by atoms with E-state index in [0.717, 1.165) is 0 Å². The van der Waals surface area contributed by atoms with Gasteiger partial charge in [0.25, 0.3) is 6.33 Å². The topological polar surface area (TPSA) is 12.0 Å². The van der Waals surface area contributed by atoms with Crippen molar-refractivity contribution in [3.63, 3.8) is 0 Å². The molecule has 0 amide bonds. The summed E-state index contributed by atoms with van der Waals surface area (Å²) in [5, 5.41) is 2.52. The number of para-hydroxylation sites is 1. The standard InChI is InChI=1S/C30H29N3/c1-19(2)22-15-23(20(3)4)17-24(16-22)32-18-33-28-14-13-21-9-6-7-10-25(21)29(28)31(5)26-11-8-12-27(32)30(26)33/h6-17,19-20H,1-5H3. The van der Waals surface area contributed by atoms with Crippen molar-refractivity contribution >= 4 is 33.2 Å². The van der Waals surface area contributed by atoms with Gasteiger partial charge in [-0.2, -0.15) is 0 Å². The third-order valence-electron chi connectivity index (χ3n) is 7.03. The molecule has 1 aliphatic rings. The van der Waals surface area contributed by atoms with Crippen molar-refractivity contribution in [1.82, 2.24) is 4.57 Å². The van der Waals surface area contributed by atoms with Crippen molar-refractivity contribution in [1.29, 1.82) is 0 Å². The summed E-state index contributed by atoms with van der Waals surface area (Å²) < 4.78 is 4.50. The number of imidazole rings is 1. The molecule has 0 radical (unpaired) electrons. The number of fused-ring (bicyclic) bond motifs is 4. The van der Waals surface area contributed by atoms with Crippen LogP contribution in [0.3, 0.4) is 0 Å². The zero-order valence-corrected chi connectivity index (χ0v) is 19.9. The molecular formula is C30H29N3. The van der Waals surface area contributed by atoms with E-state index in [9.17, 15) is 0 Å². The van der Waals surface area contributed by atoms with Crippen LogP contribution in [0, 0.1) is 6.33 Å². The van der Waals surface area contributed by atoms with Crippen molar-refractivity contribution in [2.75, 3.05) is 11.9 Å². The van der Waals surface area contributed by atoms with E-state index in [1.165, 1.54) is 55.7 Å². The molecule has 1 aliphatic heterocycles. The summed E-state index contributed by atoms with van der Waals surface area (Å²) in [5.41, 5.74) is 9.89. The van der Waals surface area contributed by atoms with Crippen molar-refractivity contribution in [3.05, 3.63) is 90.3 Å². The predicted octanol–water partition coefficient (Wildman–Crippen LogP) is 7.19. The second-order valence-corrected chi connectivity index (χ2v) is 9.80. The first-order valence-corrected chi connectivity index (χ1v) is 11.8. The molecule has 0 aliphatic carbocycles.